The van der Waals surface area contributed by atoms with Gasteiger partial charge in [-0.25, -0.2) is 18.1 Å². The minimum absolute atomic E-state index is 0.0447. The molecule has 9 heteroatoms. The van der Waals surface area contributed by atoms with Crippen LogP contribution in [-0.2, 0) is 21.4 Å². The minimum atomic E-state index is -3.56. The maximum absolute atomic E-state index is 12.6. The molecule has 3 rings (SSSR count). The van der Waals surface area contributed by atoms with E-state index in [0.717, 1.165) is 18.4 Å². The first-order chi connectivity index (χ1) is 13.4. The van der Waals surface area contributed by atoms with Gasteiger partial charge in [-0.3, -0.25) is 4.79 Å². The van der Waals surface area contributed by atoms with Crippen molar-refractivity contribution in [2.45, 2.75) is 31.3 Å². The Balaban J connectivity index is 1.58. The first kappa shape index (κ1) is 20.5. The number of oxazole rings is 1. The third kappa shape index (κ3) is 4.98. The van der Waals surface area contributed by atoms with E-state index in [9.17, 15) is 13.2 Å². The van der Waals surface area contributed by atoms with Crippen LogP contribution in [-0.4, -0.2) is 51.0 Å². The Bertz CT molecular complexity index is 908. The predicted octanol–water partition coefficient (Wildman–Crippen LogP) is 1.96. The number of methoxy groups -OCH3 is 1. The van der Waals surface area contributed by atoms with Gasteiger partial charge >= 0.3 is 0 Å². The zero-order valence-electron chi connectivity index (χ0n) is 16.1. The molecular weight excluding hydrogens is 382 g/mol. The van der Waals surface area contributed by atoms with Gasteiger partial charge in [-0.15, -0.1) is 0 Å². The third-order valence-electron chi connectivity index (χ3n) is 4.74. The van der Waals surface area contributed by atoms with E-state index in [-0.39, 0.29) is 35.6 Å². The molecule has 2 aromatic rings. The van der Waals surface area contributed by atoms with Crippen LogP contribution in [0.25, 0.3) is 0 Å². The Morgan fingerprint density at radius 1 is 1.36 bits per heavy atom. The highest BCUT2D eigenvalue weighted by Gasteiger charge is 2.27. The molecule has 1 fully saturated rings. The smallest absolute Gasteiger partial charge is 0.275 e. The van der Waals surface area contributed by atoms with E-state index in [0.29, 0.717) is 19.0 Å². The molecule has 8 nitrogen and oxygen atoms in total. The van der Waals surface area contributed by atoms with Gasteiger partial charge in [0.2, 0.25) is 15.9 Å². The van der Waals surface area contributed by atoms with E-state index in [2.05, 4.69) is 9.71 Å². The SMILES string of the molecule is COCc1nc(C(=O)N2CCCC(CNS(=O)(=O)c3ccc(C)cc3)C2)co1. The summed E-state index contributed by atoms with van der Waals surface area (Å²) in [5.74, 6) is 0.186. The summed E-state index contributed by atoms with van der Waals surface area (Å²) < 4.78 is 37.8. The fraction of sp³-hybridized carbons (Fsp3) is 0.474. The molecule has 0 aliphatic carbocycles. The molecular formula is C19H25N3O5S. The number of piperidine rings is 1. The number of hydrogen-bond donors (Lipinski definition) is 1. The second-order valence-electron chi connectivity index (χ2n) is 6.98. The molecule has 2 heterocycles. The number of rotatable bonds is 7. The van der Waals surface area contributed by atoms with Crippen LogP contribution in [0.3, 0.4) is 0 Å². The Hall–Kier alpha value is -2.23. The van der Waals surface area contributed by atoms with Gasteiger partial charge in [0.15, 0.2) is 5.69 Å². The Kier molecular flexibility index (Phi) is 6.48. The van der Waals surface area contributed by atoms with E-state index >= 15 is 0 Å². The zero-order chi connectivity index (χ0) is 20.1. The number of aromatic nitrogens is 1. The van der Waals surface area contributed by atoms with Gasteiger partial charge in [0.25, 0.3) is 5.91 Å². The van der Waals surface area contributed by atoms with Crippen molar-refractivity contribution in [3.8, 4) is 0 Å². The first-order valence-corrected chi connectivity index (χ1v) is 10.7. The average molecular weight is 407 g/mol. The number of hydrogen-bond acceptors (Lipinski definition) is 6. The summed E-state index contributed by atoms with van der Waals surface area (Å²) in [4.78, 5) is 18.7. The molecule has 1 N–H and O–H groups in total. The van der Waals surface area contributed by atoms with E-state index < -0.39 is 10.0 Å². The largest absolute Gasteiger partial charge is 0.446 e. The third-order valence-corrected chi connectivity index (χ3v) is 6.18. The van der Waals surface area contributed by atoms with Crippen LogP contribution in [0.15, 0.2) is 39.8 Å². The molecule has 1 aromatic heterocycles. The van der Waals surface area contributed by atoms with Crippen LogP contribution < -0.4 is 4.72 Å². The molecule has 1 aromatic carbocycles. The quantitative estimate of drug-likeness (QED) is 0.753. The number of nitrogens with one attached hydrogen (secondary N) is 1. The topological polar surface area (TPSA) is 102 Å². The molecule has 28 heavy (non-hydrogen) atoms. The number of likely N-dealkylation sites (tertiary alicyclic amines) is 1. The maximum atomic E-state index is 12.6. The number of amides is 1. The number of sulfonamides is 1. The molecule has 1 atom stereocenters. The van der Waals surface area contributed by atoms with Crippen molar-refractivity contribution in [3.05, 3.63) is 47.7 Å². The summed E-state index contributed by atoms with van der Waals surface area (Å²) in [7, 11) is -2.04. The molecule has 1 saturated heterocycles. The van der Waals surface area contributed by atoms with Crippen molar-refractivity contribution in [1.82, 2.24) is 14.6 Å². The van der Waals surface area contributed by atoms with Gasteiger partial charge < -0.3 is 14.1 Å². The summed E-state index contributed by atoms with van der Waals surface area (Å²) in [5, 5.41) is 0. The lowest BCUT2D eigenvalue weighted by atomic mass is 9.98. The molecule has 0 spiro atoms. The molecule has 0 saturated carbocycles. The Morgan fingerprint density at radius 3 is 2.82 bits per heavy atom. The number of nitrogens with zero attached hydrogens (tertiary/aromatic N) is 2. The standard InChI is InChI=1S/C19H25N3O5S/c1-14-5-7-16(8-6-14)28(24,25)20-10-15-4-3-9-22(11-15)19(23)17-12-27-18(21-17)13-26-2/h5-8,12,15,20H,3-4,9-11,13H2,1-2H3. The predicted molar refractivity (Wildman–Crippen MR) is 102 cm³/mol. The summed E-state index contributed by atoms with van der Waals surface area (Å²) >= 11 is 0. The van der Waals surface area contributed by atoms with Crippen molar-refractivity contribution in [2.75, 3.05) is 26.7 Å². The molecule has 0 radical (unpaired) electrons. The summed E-state index contributed by atoms with van der Waals surface area (Å²) in [6.07, 6.45) is 3.00. The molecule has 1 aliphatic heterocycles. The minimum Gasteiger partial charge on any atom is -0.446 e. The highest BCUT2D eigenvalue weighted by molar-refractivity contribution is 7.89. The van der Waals surface area contributed by atoms with Crippen molar-refractivity contribution in [1.29, 1.82) is 0 Å². The van der Waals surface area contributed by atoms with Crippen LogP contribution in [0, 0.1) is 12.8 Å². The highest BCUT2D eigenvalue weighted by atomic mass is 32.2. The van der Waals surface area contributed by atoms with Crippen molar-refractivity contribution < 1.29 is 22.4 Å². The van der Waals surface area contributed by atoms with E-state index in [1.807, 2.05) is 6.92 Å². The summed E-state index contributed by atoms with van der Waals surface area (Å²) in [5.41, 5.74) is 1.25. The molecule has 0 bridgehead atoms. The van der Waals surface area contributed by atoms with Gasteiger partial charge in [-0.05, 0) is 37.8 Å². The Labute approximate surface area is 164 Å². The first-order valence-electron chi connectivity index (χ1n) is 9.18. The fourth-order valence-corrected chi connectivity index (χ4v) is 4.32. The van der Waals surface area contributed by atoms with E-state index in [4.69, 9.17) is 9.15 Å². The van der Waals surface area contributed by atoms with E-state index in [1.54, 1.807) is 29.2 Å². The number of benzene rings is 1. The van der Waals surface area contributed by atoms with Crippen LogP contribution >= 0.6 is 0 Å². The summed E-state index contributed by atoms with van der Waals surface area (Å²) in [6.45, 7) is 3.49. The van der Waals surface area contributed by atoms with Gasteiger partial charge in [-0.2, -0.15) is 0 Å². The highest BCUT2D eigenvalue weighted by Crippen LogP contribution is 2.19. The number of aryl methyl sites for hydroxylation is 1. The molecule has 152 valence electrons. The number of carbonyl (C=O) groups excluding carboxylic acids is 1. The van der Waals surface area contributed by atoms with Gasteiger partial charge in [0, 0.05) is 26.7 Å². The van der Waals surface area contributed by atoms with Crippen LogP contribution in [0.5, 0.6) is 0 Å². The zero-order valence-corrected chi connectivity index (χ0v) is 16.9. The van der Waals surface area contributed by atoms with Gasteiger partial charge in [-0.1, -0.05) is 17.7 Å². The fourth-order valence-electron chi connectivity index (χ4n) is 3.21. The van der Waals surface area contributed by atoms with E-state index in [1.165, 1.54) is 13.4 Å². The summed E-state index contributed by atoms with van der Waals surface area (Å²) in [6, 6.07) is 6.73. The lowest BCUT2D eigenvalue weighted by molar-refractivity contribution is 0.0670. The molecule has 1 unspecified atom stereocenters. The number of carbonyl (C=O) groups is 1. The van der Waals surface area contributed by atoms with Gasteiger partial charge in [0.1, 0.15) is 12.9 Å². The van der Waals surface area contributed by atoms with Crippen LogP contribution in [0.1, 0.15) is 34.8 Å². The Morgan fingerprint density at radius 2 is 2.11 bits per heavy atom. The van der Waals surface area contributed by atoms with Crippen LogP contribution in [0.4, 0.5) is 0 Å². The number of ether oxygens (including phenoxy) is 1. The van der Waals surface area contributed by atoms with Gasteiger partial charge in [0.05, 0.1) is 4.90 Å². The lowest BCUT2D eigenvalue weighted by Gasteiger charge is -2.32. The monoisotopic (exact) mass is 407 g/mol. The van der Waals surface area contributed by atoms with Crippen LogP contribution in [0.2, 0.25) is 0 Å². The van der Waals surface area contributed by atoms with Crippen molar-refractivity contribution in [2.24, 2.45) is 5.92 Å². The second kappa shape index (κ2) is 8.85. The maximum Gasteiger partial charge on any atom is 0.275 e. The average Bonchev–Trinajstić information content (AvgIpc) is 3.15. The normalized spacial score (nSPS) is 17.6. The lowest BCUT2D eigenvalue weighted by Crippen LogP contribution is -2.43. The van der Waals surface area contributed by atoms with Crippen molar-refractivity contribution >= 4 is 15.9 Å². The second-order valence-corrected chi connectivity index (χ2v) is 8.75. The molecule has 1 amide bonds. The molecule has 1 aliphatic rings. The van der Waals surface area contributed by atoms with Crippen molar-refractivity contribution in [3.63, 3.8) is 0 Å².